The number of nitrogens with zero attached hydrogens (tertiary/aromatic N) is 2. The molecule has 4 aromatic rings. The van der Waals surface area contributed by atoms with Gasteiger partial charge in [-0.25, -0.2) is 0 Å². The second-order valence-electron chi connectivity index (χ2n) is 8.11. The Kier molecular flexibility index (Phi) is 8.16. The van der Waals surface area contributed by atoms with E-state index in [9.17, 15) is 35.5 Å². The Morgan fingerprint density at radius 2 is 1.27 bits per heavy atom. The van der Waals surface area contributed by atoms with E-state index in [4.69, 9.17) is 0 Å². The second kappa shape index (κ2) is 11.5. The van der Waals surface area contributed by atoms with Gasteiger partial charge >= 0.3 is 0 Å². The smallest absolute Gasteiger partial charge is 0.287 e. The average molecular weight is 581 g/mol. The highest BCUT2D eigenvalue weighted by molar-refractivity contribution is 7.86. The Labute approximate surface area is 227 Å². The first-order valence-corrected chi connectivity index (χ1v) is 14.2. The van der Waals surface area contributed by atoms with Crippen molar-refractivity contribution in [2.45, 2.75) is 9.79 Å². The van der Waals surface area contributed by atoms with Gasteiger partial charge in [-0.1, -0.05) is 48.5 Å². The van der Waals surface area contributed by atoms with Crippen molar-refractivity contribution in [1.29, 1.82) is 0 Å². The van der Waals surface area contributed by atoms with E-state index in [2.05, 4.69) is 21.1 Å². The fourth-order valence-corrected chi connectivity index (χ4v) is 4.73. The van der Waals surface area contributed by atoms with Gasteiger partial charge in [-0.05, 0) is 48.5 Å². The number of hydrogen-bond donors (Lipinski definition) is 4. The van der Waals surface area contributed by atoms with Crippen LogP contribution in [0, 0.1) is 0 Å². The predicted molar refractivity (Wildman–Crippen MR) is 147 cm³/mol. The zero-order valence-corrected chi connectivity index (χ0v) is 21.9. The molecule has 0 radical (unpaired) electrons. The molecular weight excluding hydrogens is 560 g/mol. The standard InChI is InChI=1S/C26H20N4O8S2/c31-23-15-13-22(29-27-17-7-3-1-2-4-8-18(12-11-17)39(33,34)35)26(32)25(23)30-28-21-14-16-24(40(36,37)38)20-10-6-5-9-19(20)21/h1-16,27-28H,(H,33,34,35)(H,36,37,38)/b2-1?,3-1?,4-2?,7-3?,8-4?,12-11?,17-7?,17-11?,18-8?,18-12?,29-22+,30-25-. The lowest BCUT2D eigenvalue weighted by Crippen LogP contribution is -2.47. The zero-order valence-electron chi connectivity index (χ0n) is 20.3. The fourth-order valence-electron chi connectivity index (χ4n) is 3.54. The Balaban J connectivity index is 1.75. The molecule has 0 aliphatic rings. The van der Waals surface area contributed by atoms with Crippen LogP contribution in [0.3, 0.4) is 0 Å². The van der Waals surface area contributed by atoms with Crippen molar-refractivity contribution in [3.63, 3.8) is 0 Å². The van der Waals surface area contributed by atoms with E-state index in [0.717, 1.165) is 18.2 Å². The van der Waals surface area contributed by atoms with Gasteiger partial charge in [-0.3, -0.25) is 29.5 Å². The van der Waals surface area contributed by atoms with Gasteiger partial charge in [0.1, 0.15) is 10.3 Å². The van der Waals surface area contributed by atoms with Crippen LogP contribution in [-0.4, -0.2) is 25.9 Å². The number of rotatable bonds is 6. The summed E-state index contributed by atoms with van der Waals surface area (Å²) in [6, 6.07) is 22.4. The molecule has 0 atom stereocenters. The van der Waals surface area contributed by atoms with E-state index in [-0.39, 0.29) is 31.9 Å². The maximum absolute atomic E-state index is 13.0. The van der Waals surface area contributed by atoms with Crippen molar-refractivity contribution in [2.75, 3.05) is 10.9 Å². The summed E-state index contributed by atoms with van der Waals surface area (Å²) in [6.07, 6.45) is 0. The molecule has 4 rings (SSSR count). The summed E-state index contributed by atoms with van der Waals surface area (Å²) < 4.78 is 65.4. The summed E-state index contributed by atoms with van der Waals surface area (Å²) in [4.78, 5) is 24.7. The molecule has 0 fully saturated rings. The van der Waals surface area contributed by atoms with E-state index in [0.29, 0.717) is 5.39 Å². The molecule has 0 saturated heterocycles. The minimum atomic E-state index is -4.51. The maximum Gasteiger partial charge on any atom is 0.295 e. The van der Waals surface area contributed by atoms with Crippen LogP contribution in [-0.2, 0) is 20.2 Å². The van der Waals surface area contributed by atoms with E-state index in [1.54, 1.807) is 36.4 Å². The van der Waals surface area contributed by atoms with Crippen LogP contribution in [0.25, 0.3) is 10.8 Å². The van der Waals surface area contributed by atoms with Gasteiger partial charge < -0.3 is 0 Å². The largest absolute Gasteiger partial charge is 0.295 e. The summed E-state index contributed by atoms with van der Waals surface area (Å²) >= 11 is 0. The molecule has 0 heterocycles. The number of hydrogen-bond acceptors (Lipinski definition) is 10. The van der Waals surface area contributed by atoms with Gasteiger partial charge in [-0.2, -0.15) is 27.0 Å². The Hall–Kier alpha value is -4.76. The highest BCUT2D eigenvalue weighted by Crippen LogP contribution is 2.29. The van der Waals surface area contributed by atoms with Gasteiger partial charge in [-0.15, -0.1) is 0 Å². The normalized spacial score (nSPS) is 12.7. The van der Waals surface area contributed by atoms with Gasteiger partial charge in [0.2, 0.25) is 10.9 Å². The summed E-state index contributed by atoms with van der Waals surface area (Å²) in [6.45, 7) is 0. The lowest BCUT2D eigenvalue weighted by Gasteiger charge is -2.08. The number of nitrogens with one attached hydrogen (secondary N) is 2. The molecule has 0 bridgehead atoms. The third-order valence-electron chi connectivity index (χ3n) is 5.42. The van der Waals surface area contributed by atoms with E-state index in [1.165, 1.54) is 42.5 Å². The highest BCUT2D eigenvalue weighted by atomic mass is 32.2. The monoisotopic (exact) mass is 580 g/mol. The molecule has 0 unspecified atom stereocenters. The van der Waals surface area contributed by atoms with Gasteiger partial charge in [0.25, 0.3) is 20.2 Å². The molecule has 0 saturated carbocycles. The van der Waals surface area contributed by atoms with Crippen molar-refractivity contribution in [2.24, 2.45) is 10.2 Å². The molecule has 204 valence electrons. The quantitative estimate of drug-likeness (QED) is 0.193. The van der Waals surface area contributed by atoms with Gasteiger partial charge in [0, 0.05) is 10.8 Å². The van der Waals surface area contributed by atoms with Crippen molar-refractivity contribution in [1.82, 2.24) is 0 Å². The van der Waals surface area contributed by atoms with Crippen LogP contribution < -0.4 is 32.4 Å². The Morgan fingerprint density at radius 3 is 1.98 bits per heavy atom. The Morgan fingerprint density at radius 1 is 0.600 bits per heavy atom. The van der Waals surface area contributed by atoms with Crippen LogP contribution >= 0.6 is 0 Å². The topological polar surface area (TPSA) is 192 Å². The van der Waals surface area contributed by atoms with Crippen molar-refractivity contribution < 1.29 is 25.9 Å². The molecule has 4 aromatic carbocycles. The van der Waals surface area contributed by atoms with Crippen molar-refractivity contribution in [3.05, 3.63) is 128 Å². The van der Waals surface area contributed by atoms with Crippen LogP contribution in [0.2, 0.25) is 0 Å². The first-order chi connectivity index (χ1) is 18.9. The SMILES string of the molecule is O=c1cc/c(=N\Nc2ccccccc(S(=O)(=O)O)cc2)c(=O)/c1=N\Nc1ccc(S(=O)(=O)O)c2ccccc12. The number of fused-ring (bicyclic) bond motifs is 1. The van der Waals surface area contributed by atoms with Crippen molar-refractivity contribution in [3.8, 4) is 0 Å². The predicted octanol–water partition coefficient (Wildman–Crippen LogP) is 1.91. The zero-order chi connectivity index (χ0) is 28.9. The molecule has 14 heteroatoms. The van der Waals surface area contributed by atoms with Gasteiger partial charge in [0.05, 0.1) is 16.3 Å². The average Bonchev–Trinajstić information content (AvgIpc) is 2.90. The summed E-state index contributed by atoms with van der Waals surface area (Å²) in [5.41, 5.74) is 4.19. The van der Waals surface area contributed by atoms with Gasteiger partial charge in [0.15, 0.2) is 5.36 Å². The summed E-state index contributed by atoms with van der Waals surface area (Å²) in [5, 5.41) is 7.81. The summed E-state index contributed by atoms with van der Waals surface area (Å²) in [5.74, 6) is 0. The second-order valence-corrected chi connectivity index (χ2v) is 10.9. The number of anilines is 2. The highest BCUT2D eigenvalue weighted by Gasteiger charge is 2.15. The minimum Gasteiger partial charge on any atom is -0.287 e. The molecule has 4 N–H and O–H groups in total. The molecule has 12 nitrogen and oxygen atoms in total. The first kappa shape index (κ1) is 28.3. The number of benzene rings is 3. The van der Waals surface area contributed by atoms with Crippen LogP contribution in [0.5, 0.6) is 0 Å². The molecule has 0 spiro atoms. The maximum atomic E-state index is 13.0. The summed E-state index contributed by atoms with van der Waals surface area (Å²) in [7, 11) is -8.99. The van der Waals surface area contributed by atoms with Crippen molar-refractivity contribution >= 4 is 42.4 Å². The van der Waals surface area contributed by atoms with Crippen LogP contribution in [0.1, 0.15) is 0 Å². The third-order valence-corrected chi connectivity index (χ3v) is 7.20. The lowest BCUT2D eigenvalue weighted by atomic mass is 10.1. The molecule has 0 aliphatic carbocycles. The molecular formula is C26H20N4O8S2. The lowest BCUT2D eigenvalue weighted by molar-refractivity contribution is 0.481. The fraction of sp³-hybridized carbons (Fsp3) is 0. The molecule has 40 heavy (non-hydrogen) atoms. The van der Waals surface area contributed by atoms with E-state index >= 15 is 0 Å². The van der Waals surface area contributed by atoms with Crippen LogP contribution in [0.4, 0.5) is 11.4 Å². The third kappa shape index (κ3) is 6.62. The van der Waals surface area contributed by atoms with E-state index < -0.39 is 36.5 Å². The van der Waals surface area contributed by atoms with E-state index in [1.807, 2.05) is 0 Å². The van der Waals surface area contributed by atoms with Crippen LogP contribution in [0.15, 0.2) is 127 Å². The minimum absolute atomic E-state index is 0.187. The first-order valence-electron chi connectivity index (χ1n) is 11.3. The molecule has 0 aliphatic heterocycles. The Bertz CT molecular complexity index is 2120. The molecule has 0 amide bonds. The molecule has 0 aromatic heterocycles.